The Morgan fingerprint density at radius 1 is 1.00 bits per heavy atom. The average molecular weight is 415 g/mol. The Labute approximate surface area is 166 Å². The number of methoxy groups -OCH3 is 3. The van der Waals surface area contributed by atoms with E-state index < -0.39 is 0 Å². The minimum Gasteiger partial charge on any atom is -0.491 e. The molecule has 0 saturated heterocycles. The largest absolute Gasteiger partial charge is 0.491 e. The predicted octanol–water partition coefficient (Wildman–Crippen LogP) is 3.21. The van der Waals surface area contributed by atoms with Gasteiger partial charge < -0.3 is 24.5 Å². The van der Waals surface area contributed by atoms with Crippen molar-refractivity contribution in [2.45, 2.75) is 20.4 Å². The lowest BCUT2D eigenvalue weighted by molar-refractivity contribution is 0.314. The second kappa shape index (κ2) is 8.92. The Morgan fingerprint density at radius 2 is 1.67 bits per heavy atom. The van der Waals surface area contributed by atoms with Crippen LogP contribution in [0.5, 0.6) is 17.4 Å². The maximum absolute atomic E-state index is 6.41. The van der Waals surface area contributed by atoms with E-state index in [4.69, 9.17) is 43.1 Å². The molecule has 0 unspecified atom stereocenters. The molecule has 0 radical (unpaired) electrons. The number of pyridine rings is 1. The SMILES string of the molecule is CC.COc1nc(Cn2cnc3c(Cl)nc(N)nc32)c(Cl)c(OC)c1OC. The molecule has 0 aliphatic rings. The zero-order chi connectivity index (χ0) is 20.1. The van der Waals surface area contributed by atoms with Crippen molar-refractivity contribution in [2.24, 2.45) is 0 Å². The van der Waals surface area contributed by atoms with Crippen LogP contribution in [0.4, 0.5) is 5.95 Å². The summed E-state index contributed by atoms with van der Waals surface area (Å²) < 4.78 is 17.5. The summed E-state index contributed by atoms with van der Waals surface area (Å²) in [6.45, 7) is 4.23. The maximum Gasteiger partial charge on any atom is 0.261 e. The third-order valence-corrected chi connectivity index (χ3v) is 4.10. The number of imidazole rings is 1. The molecule has 0 aromatic carbocycles. The van der Waals surface area contributed by atoms with E-state index in [2.05, 4.69) is 19.9 Å². The highest BCUT2D eigenvalue weighted by Crippen LogP contribution is 2.42. The van der Waals surface area contributed by atoms with Crippen LogP contribution in [0.2, 0.25) is 10.2 Å². The molecule has 11 heteroatoms. The van der Waals surface area contributed by atoms with Crippen LogP contribution in [0.1, 0.15) is 19.5 Å². The van der Waals surface area contributed by atoms with Gasteiger partial charge in [0.05, 0.1) is 39.9 Å². The van der Waals surface area contributed by atoms with Crippen molar-refractivity contribution >= 4 is 40.3 Å². The number of aromatic nitrogens is 5. The average Bonchev–Trinajstić information content (AvgIpc) is 3.07. The fourth-order valence-corrected chi connectivity index (χ4v) is 2.84. The lowest BCUT2D eigenvalue weighted by Crippen LogP contribution is -2.07. The molecule has 3 heterocycles. The van der Waals surface area contributed by atoms with Crippen molar-refractivity contribution in [3.63, 3.8) is 0 Å². The van der Waals surface area contributed by atoms with Gasteiger partial charge >= 0.3 is 0 Å². The molecule has 0 fully saturated rings. The molecule has 3 aromatic rings. The van der Waals surface area contributed by atoms with Gasteiger partial charge in [0.15, 0.2) is 16.5 Å². The number of nitrogens with two attached hydrogens (primary N) is 1. The van der Waals surface area contributed by atoms with Crippen molar-refractivity contribution in [3.8, 4) is 17.4 Å². The van der Waals surface area contributed by atoms with Crippen molar-refractivity contribution in [1.29, 1.82) is 0 Å². The number of nitrogens with zero attached hydrogens (tertiary/aromatic N) is 5. The van der Waals surface area contributed by atoms with Gasteiger partial charge in [-0.3, -0.25) is 0 Å². The summed E-state index contributed by atoms with van der Waals surface area (Å²) in [4.78, 5) is 16.6. The van der Waals surface area contributed by atoms with Crippen LogP contribution in [0.15, 0.2) is 6.33 Å². The zero-order valence-electron chi connectivity index (χ0n) is 15.6. The molecule has 3 aromatic heterocycles. The van der Waals surface area contributed by atoms with Gasteiger partial charge in [-0.15, -0.1) is 0 Å². The summed E-state index contributed by atoms with van der Waals surface area (Å²) in [5, 5.41) is 0.459. The molecule has 27 heavy (non-hydrogen) atoms. The quantitative estimate of drug-likeness (QED) is 0.633. The Kier molecular flexibility index (Phi) is 6.86. The van der Waals surface area contributed by atoms with E-state index in [1.807, 2.05) is 13.8 Å². The van der Waals surface area contributed by atoms with Crippen LogP contribution in [0.3, 0.4) is 0 Å². The minimum absolute atomic E-state index is 0.0446. The molecule has 0 amide bonds. The van der Waals surface area contributed by atoms with E-state index in [1.54, 1.807) is 10.9 Å². The van der Waals surface area contributed by atoms with Crippen molar-refractivity contribution in [3.05, 3.63) is 22.2 Å². The first-order chi connectivity index (χ1) is 13.0. The summed E-state index contributed by atoms with van der Waals surface area (Å²) in [5.41, 5.74) is 7.03. The highest BCUT2D eigenvalue weighted by Gasteiger charge is 2.22. The smallest absolute Gasteiger partial charge is 0.261 e. The lowest BCUT2D eigenvalue weighted by atomic mass is 10.3. The number of nitrogen functional groups attached to an aromatic ring is 1. The van der Waals surface area contributed by atoms with E-state index >= 15 is 0 Å². The third-order valence-electron chi connectivity index (χ3n) is 3.45. The van der Waals surface area contributed by atoms with E-state index in [0.29, 0.717) is 28.4 Å². The topological polar surface area (TPSA) is 110 Å². The first-order valence-electron chi connectivity index (χ1n) is 7.98. The Bertz CT molecular complexity index is 948. The normalized spacial score (nSPS) is 10.3. The second-order valence-corrected chi connectivity index (χ2v) is 5.60. The van der Waals surface area contributed by atoms with Crippen LogP contribution >= 0.6 is 23.2 Å². The zero-order valence-corrected chi connectivity index (χ0v) is 17.1. The summed E-state index contributed by atoms with van der Waals surface area (Å²) >= 11 is 12.5. The Morgan fingerprint density at radius 3 is 2.26 bits per heavy atom. The molecule has 0 aliphatic carbocycles. The number of hydrogen-bond donors (Lipinski definition) is 1. The highest BCUT2D eigenvalue weighted by atomic mass is 35.5. The monoisotopic (exact) mass is 414 g/mol. The predicted molar refractivity (Wildman–Crippen MR) is 104 cm³/mol. The van der Waals surface area contributed by atoms with Crippen LogP contribution in [-0.4, -0.2) is 45.8 Å². The number of hydrogen-bond acceptors (Lipinski definition) is 8. The molecular formula is C16H20Cl2N6O3. The van der Waals surface area contributed by atoms with Crippen molar-refractivity contribution in [1.82, 2.24) is 24.5 Å². The summed E-state index contributed by atoms with van der Waals surface area (Å²) in [7, 11) is 4.43. The van der Waals surface area contributed by atoms with Crippen molar-refractivity contribution in [2.75, 3.05) is 27.1 Å². The number of ether oxygens (including phenoxy) is 3. The van der Waals surface area contributed by atoms with Crippen molar-refractivity contribution < 1.29 is 14.2 Å². The van der Waals surface area contributed by atoms with Gasteiger partial charge in [0, 0.05) is 0 Å². The molecular weight excluding hydrogens is 395 g/mol. The highest BCUT2D eigenvalue weighted by molar-refractivity contribution is 6.33. The van der Waals surface area contributed by atoms with E-state index in [1.165, 1.54) is 21.3 Å². The lowest BCUT2D eigenvalue weighted by Gasteiger charge is -2.15. The molecule has 0 spiro atoms. The summed E-state index contributed by atoms with van der Waals surface area (Å²) in [6, 6.07) is 0. The van der Waals surface area contributed by atoms with Gasteiger partial charge in [-0.2, -0.15) is 9.97 Å². The van der Waals surface area contributed by atoms with E-state index in [-0.39, 0.29) is 28.5 Å². The summed E-state index contributed by atoms with van der Waals surface area (Å²) in [5.74, 6) is 0.921. The number of halogens is 2. The standard InChI is InChI=1S/C14H14Cl2N6O3.C2H6/c1-23-9-7(15)6(19-13(25-3)10(9)24-2)4-22-5-18-8-11(16)20-14(17)21-12(8)22;1-2/h5H,4H2,1-3H3,(H2,17,20,21);1-2H3. The minimum atomic E-state index is 0.0446. The molecule has 0 atom stereocenters. The number of fused-ring (bicyclic) bond motifs is 1. The van der Waals surface area contributed by atoms with Gasteiger partial charge in [-0.1, -0.05) is 37.0 Å². The molecule has 2 N–H and O–H groups in total. The fraction of sp³-hybridized carbons (Fsp3) is 0.375. The fourth-order valence-electron chi connectivity index (χ4n) is 2.36. The Balaban J connectivity index is 0.00000126. The van der Waals surface area contributed by atoms with Crippen LogP contribution < -0.4 is 19.9 Å². The van der Waals surface area contributed by atoms with Gasteiger partial charge in [-0.25, -0.2) is 9.97 Å². The molecule has 3 rings (SSSR count). The number of rotatable bonds is 5. The molecule has 146 valence electrons. The van der Waals surface area contributed by atoms with Gasteiger partial charge in [0.2, 0.25) is 11.7 Å². The maximum atomic E-state index is 6.41. The molecule has 9 nitrogen and oxygen atoms in total. The first-order valence-corrected chi connectivity index (χ1v) is 8.73. The van der Waals surface area contributed by atoms with Crippen LogP contribution in [0.25, 0.3) is 11.2 Å². The molecule has 0 saturated carbocycles. The summed E-state index contributed by atoms with van der Waals surface area (Å²) in [6.07, 6.45) is 1.55. The molecule has 0 bridgehead atoms. The van der Waals surface area contributed by atoms with Crippen LogP contribution in [-0.2, 0) is 6.54 Å². The third kappa shape index (κ3) is 3.93. The molecule has 0 aliphatic heterocycles. The second-order valence-electron chi connectivity index (χ2n) is 4.87. The van der Waals surface area contributed by atoms with Gasteiger partial charge in [0.1, 0.15) is 10.5 Å². The van der Waals surface area contributed by atoms with E-state index in [9.17, 15) is 0 Å². The van der Waals surface area contributed by atoms with Gasteiger partial charge in [-0.05, 0) is 0 Å². The Hall–Kier alpha value is -2.52. The van der Waals surface area contributed by atoms with Crippen LogP contribution in [0, 0.1) is 0 Å². The van der Waals surface area contributed by atoms with Gasteiger partial charge in [0.25, 0.3) is 5.88 Å². The number of anilines is 1. The van der Waals surface area contributed by atoms with E-state index in [0.717, 1.165) is 0 Å². The first kappa shape index (κ1) is 20.8.